The number of halogens is 2. The van der Waals surface area contributed by atoms with Crippen LogP contribution in [0.5, 0.6) is 0 Å². The SMILES string of the molecule is Cc1ccc(S(=O)(=O)OC(CNC(=O)OC(C)(C)C)C(F)(F)C=O)cc1. The van der Waals surface area contributed by atoms with Gasteiger partial charge in [-0.2, -0.15) is 17.2 Å². The minimum atomic E-state index is -4.58. The highest BCUT2D eigenvalue weighted by Gasteiger charge is 2.44. The van der Waals surface area contributed by atoms with Crippen LogP contribution >= 0.6 is 0 Å². The Morgan fingerprint density at radius 2 is 1.77 bits per heavy atom. The summed E-state index contributed by atoms with van der Waals surface area (Å²) in [6, 6.07) is 5.29. The summed E-state index contributed by atoms with van der Waals surface area (Å²) < 4.78 is 61.3. The maximum Gasteiger partial charge on any atom is 0.407 e. The average Bonchev–Trinajstić information content (AvgIpc) is 2.50. The van der Waals surface area contributed by atoms with Gasteiger partial charge in [0.25, 0.3) is 10.1 Å². The number of aryl methyl sites for hydroxylation is 1. The fraction of sp³-hybridized carbons (Fsp3) is 0.500. The lowest BCUT2D eigenvalue weighted by molar-refractivity contribution is -0.142. The van der Waals surface area contributed by atoms with E-state index < -0.39 is 46.7 Å². The van der Waals surface area contributed by atoms with Crippen LogP contribution in [0.3, 0.4) is 0 Å². The van der Waals surface area contributed by atoms with Crippen molar-refractivity contribution in [2.45, 2.75) is 50.2 Å². The van der Waals surface area contributed by atoms with Crippen LogP contribution in [0.1, 0.15) is 26.3 Å². The van der Waals surface area contributed by atoms with Gasteiger partial charge >= 0.3 is 12.0 Å². The Kier molecular flexibility index (Phi) is 6.83. The van der Waals surface area contributed by atoms with Crippen LogP contribution in [0, 0.1) is 6.92 Å². The molecule has 1 aromatic rings. The van der Waals surface area contributed by atoms with Crippen LogP contribution in [-0.2, 0) is 23.8 Å². The van der Waals surface area contributed by atoms with Crippen LogP contribution in [0.25, 0.3) is 0 Å². The molecule has 7 nitrogen and oxygen atoms in total. The predicted molar refractivity (Wildman–Crippen MR) is 88.5 cm³/mol. The number of carbonyl (C=O) groups is 2. The molecule has 0 aliphatic carbocycles. The fourth-order valence-corrected chi connectivity index (χ4v) is 2.80. The van der Waals surface area contributed by atoms with E-state index in [4.69, 9.17) is 4.74 Å². The molecule has 1 atom stereocenters. The number of nitrogens with one attached hydrogen (secondary N) is 1. The van der Waals surface area contributed by atoms with Crippen LogP contribution in [-0.4, -0.2) is 45.0 Å². The Morgan fingerprint density at radius 3 is 2.23 bits per heavy atom. The number of alkyl halides is 2. The molecule has 26 heavy (non-hydrogen) atoms. The molecule has 0 fully saturated rings. The van der Waals surface area contributed by atoms with E-state index in [9.17, 15) is 26.8 Å². The summed E-state index contributed by atoms with van der Waals surface area (Å²) in [7, 11) is -4.58. The van der Waals surface area contributed by atoms with Gasteiger partial charge in [-0.1, -0.05) is 17.7 Å². The normalized spacial score (nSPS) is 13.8. The molecule has 0 heterocycles. The summed E-state index contributed by atoms with van der Waals surface area (Å²) in [5, 5.41) is 1.97. The summed E-state index contributed by atoms with van der Waals surface area (Å²) in [4.78, 5) is 21.9. The first-order chi connectivity index (χ1) is 11.8. The summed E-state index contributed by atoms with van der Waals surface area (Å²) >= 11 is 0. The molecule has 146 valence electrons. The summed E-state index contributed by atoms with van der Waals surface area (Å²) in [5.41, 5.74) is -0.132. The highest BCUT2D eigenvalue weighted by atomic mass is 32.2. The van der Waals surface area contributed by atoms with Gasteiger partial charge in [0.2, 0.25) is 0 Å². The topological polar surface area (TPSA) is 98.8 Å². The number of hydrogen-bond acceptors (Lipinski definition) is 6. The van der Waals surface area contributed by atoms with Crippen molar-refractivity contribution in [2.75, 3.05) is 6.54 Å². The molecule has 0 aliphatic rings. The number of aldehydes is 1. The Morgan fingerprint density at radius 1 is 1.23 bits per heavy atom. The third kappa shape index (κ3) is 6.68. The molecule has 1 unspecified atom stereocenters. The quantitative estimate of drug-likeness (QED) is 0.564. The van der Waals surface area contributed by atoms with E-state index in [0.29, 0.717) is 0 Å². The van der Waals surface area contributed by atoms with Gasteiger partial charge in [-0.05, 0) is 39.8 Å². The van der Waals surface area contributed by atoms with Crippen molar-refractivity contribution in [3.8, 4) is 0 Å². The second kappa shape index (κ2) is 8.09. The number of hydrogen-bond donors (Lipinski definition) is 1. The minimum absolute atomic E-state index is 0.355. The Hall–Kier alpha value is -2.07. The molecular weight excluding hydrogens is 372 g/mol. The largest absolute Gasteiger partial charge is 0.444 e. The van der Waals surface area contributed by atoms with E-state index in [1.807, 2.05) is 5.32 Å². The first-order valence-electron chi connectivity index (χ1n) is 7.58. The van der Waals surface area contributed by atoms with Crippen LogP contribution in [0.2, 0.25) is 0 Å². The molecule has 0 saturated carbocycles. The molecule has 10 heteroatoms. The van der Waals surface area contributed by atoms with Gasteiger partial charge in [0.15, 0.2) is 12.4 Å². The van der Waals surface area contributed by atoms with E-state index in [1.54, 1.807) is 27.7 Å². The van der Waals surface area contributed by atoms with Gasteiger partial charge in [-0.25, -0.2) is 4.79 Å². The standard InChI is InChI=1S/C16H21F2NO6S/c1-11-5-7-12(8-6-11)26(22,23)25-13(16(17,18)10-20)9-19-14(21)24-15(2,3)4/h5-8,10,13H,9H2,1-4H3,(H,19,21). The van der Waals surface area contributed by atoms with Crippen molar-refractivity contribution in [3.05, 3.63) is 29.8 Å². The lowest BCUT2D eigenvalue weighted by atomic mass is 10.2. The predicted octanol–water partition coefficient (Wildman–Crippen LogP) is 2.43. The van der Waals surface area contributed by atoms with Gasteiger partial charge in [0.1, 0.15) is 5.60 Å². The average molecular weight is 393 g/mol. The lowest BCUT2D eigenvalue weighted by Crippen LogP contribution is -2.47. The van der Waals surface area contributed by atoms with Crippen molar-refractivity contribution in [2.24, 2.45) is 0 Å². The Balaban J connectivity index is 2.95. The van der Waals surface area contributed by atoms with Crippen LogP contribution in [0.15, 0.2) is 29.2 Å². The van der Waals surface area contributed by atoms with E-state index in [0.717, 1.165) is 5.56 Å². The van der Waals surface area contributed by atoms with Crippen molar-refractivity contribution in [3.63, 3.8) is 0 Å². The smallest absolute Gasteiger partial charge is 0.407 e. The van der Waals surface area contributed by atoms with E-state index >= 15 is 0 Å². The molecule has 1 rings (SSSR count). The van der Waals surface area contributed by atoms with Gasteiger partial charge < -0.3 is 10.1 Å². The van der Waals surface area contributed by atoms with Gasteiger partial charge in [0, 0.05) is 0 Å². The monoisotopic (exact) mass is 393 g/mol. The molecule has 0 aliphatic heterocycles. The van der Waals surface area contributed by atoms with Crippen molar-refractivity contribution < 1.29 is 35.7 Å². The lowest BCUT2D eigenvalue weighted by Gasteiger charge is -2.24. The van der Waals surface area contributed by atoms with E-state index in [-0.39, 0.29) is 4.90 Å². The highest BCUT2D eigenvalue weighted by Crippen LogP contribution is 2.24. The number of carbonyl (C=O) groups excluding carboxylic acids is 2. The molecular formula is C16H21F2NO6S. The Bertz CT molecular complexity index is 741. The first-order valence-corrected chi connectivity index (χ1v) is 8.98. The second-order valence-corrected chi connectivity index (χ2v) is 8.10. The third-order valence-corrected chi connectivity index (χ3v) is 4.30. The zero-order valence-corrected chi connectivity index (χ0v) is 15.6. The molecule has 0 aromatic heterocycles. The number of rotatable bonds is 7. The zero-order valence-electron chi connectivity index (χ0n) is 14.8. The molecule has 1 amide bonds. The number of amides is 1. The van der Waals surface area contributed by atoms with Crippen LogP contribution in [0.4, 0.5) is 13.6 Å². The molecule has 1 aromatic carbocycles. The highest BCUT2D eigenvalue weighted by molar-refractivity contribution is 7.86. The minimum Gasteiger partial charge on any atom is -0.444 e. The van der Waals surface area contributed by atoms with Gasteiger partial charge in [-0.3, -0.25) is 8.98 Å². The molecule has 0 saturated heterocycles. The molecule has 0 bridgehead atoms. The molecule has 1 N–H and O–H groups in total. The van der Waals surface area contributed by atoms with Crippen LogP contribution < -0.4 is 5.32 Å². The molecule has 0 radical (unpaired) electrons. The van der Waals surface area contributed by atoms with Crippen molar-refractivity contribution in [1.29, 1.82) is 0 Å². The number of alkyl carbamates (subject to hydrolysis) is 1. The van der Waals surface area contributed by atoms with Gasteiger partial charge in [0.05, 0.1) is 11.4 Å². The zero-order chi connectivity index (χ0) is 20.2. The maximum atomic E-state index is 13.8. The van der Waals surface area contributed by atoms with Gasteiger partial charge in [-0.15, -0.1) is 0 Å². The maximum absolute atomic E-state index is 13.8. The fourth-order valence-electron chi connectivity index (χ4n) is 1.71. The number of benzene rings is 1. The summed E-state index contributed by atoms with van der Waals surface area (Å²) in [6.45, 7) is 5.43. The Labute approximate surface area is 150 Å². The third-order valence-electron chi connectivity index (χ3n) is 2.97. The first kappa shape index (κ1) is 22.0. The second-order valence-electron chi connectivity index (χ2n) is 6.53. The van der Waals surface area contributed by atoms with E-state index in [1.165, 1.54) is 24.3 Å². The number of ether oxygens (including phenoxy) is 1. The van der Waals surface area contributed by atoms with Crippen molar-refractivity contribution in [1.82, 2.24) is 5.32 Å². The summed E-state index contributed by atoms with van der Waals surface area (Å²) in [6.07, 6.45) is -4.22. The summed E-state index contributed by atoms with van der Waals surface area (Å²) in [5.74, 6) is -4.15. The van der Waals surface area contributed by atoms with Crippen molar-refractivity contribution >= 4 is 22.5 Å². The molecule has 0 spiro atoms. The van der Waals surface area contributed by atoms with E-state index in [2.05, 4.69) is 4.18 Å².